The first-order valence-corrected chi connectivity index (χ1v) is 5.38. The molecule has 0 bridgehead atoms. The average molecular weight is 285 g/mol. The van der Waals surface area contributed by atoms with E-state index in [1.54, 1.807) is 13.8 Å². The van der Waals surface area contributed by atoms with E-state index in [0.29, 0.717) is 22.1 Å². The van der Waals surface area contributed by atoms with Crippen molar-refractivity contribution in [1.29, 1.82) is 0 Å². The lowest BCUT2D eigenvalue weighted by Gasteiger charge is -2.05. The first-order valence-electron chi connectivity index (χ1n) is 4.59. The van der Waals surface area contributed by atoms with E-state index < -0.39 is 0 Å². The van der Waals surface area contributed by atoms with Crippen LogP contribution in [0.15, 0.2) is 19.9 Å². The molecule has 0 saturated carbocycles. The summed E-state index contributed by atoms with van der Waals surface area (Å²) in [6, 6.07) is 0. The molecule has 0 unspecified atom stereocenters. The fraction of sp³-hybridized carbons (Fsp3) is 0.333. The number of rotatable bonds is 2. The molecule has 2 heterocycles. The number of aryl methyl sites for hydroxylation is 2. The Labute approximate surface area is 99.5 Å². The van der Waals surface area contributed by atoms with Crippen LogP contribution in [0, 0.1) is 13.8 Å². The van der Waals surface area contributed by atoms with Crippen molar-refractivity contribution in [1.82, 2.24) is 19.7 Å². The van der Waals surface area contributed by atoms with Crippen molar-refractivity contribution in [2.24, 2.45) is 0 Å². The highest BCUT2D eigenvalue weighted by atomic mass is 79.9. The maximum Gasteiger partial charge on any atom is 0.268 e. The number of hydrogen-bond donors (Lipinski definition) is 0. The topological polar surface area (TPSA) is 73.8 Å². The van der Waals surface area contributed by atoms with E-state index in [1.807, 2.05) is 0 Å². The van der Waals surface area contributed by atoms with Crippen LogP contribution in [0.5, 0.6) is 0 Å². The Morgan fingerprint density at radius 1 is 1.44 bits per heavy atom. The molecule has 0 aliphatic carbocycles. The second kappa shape index (κ2) is 4.17. The van der Waals surface area contributed by atoms with Crippen molar-refractivity contribution >= 4 is 15.9 Å². The van der Waals surface area contributed by atoms with Gasteiger partial charge in [-0.2, -0.15) is 0 Å². The van der Waals surface area contributed by atoms with Crippen molar-refractivity contribution in [3.63, 3.8) is 0 Å². The van der Waals surface area contributed by atoms with Crippen LogP contribution in [-0.4, -0.2) is 19.7 Å². The minimum absolute atomic E-state index is 0.164. The van der Waals surface area contributed by atoms with E-state index in [1.165, 1.54) is 10.8 Å². The Hall–Kier alpha value is -1.50. The number of halogens is 1. The van der Waals surface area contributed by atoms with Crippen LogP contribution >= 0.6 is 15.9 Å². The van der Waals surface area contributed by atoms with Gasteiger partial charge in [-0.1, -0.05) is 0 Å². The Morgan fingerprint density at radius 2 is 2.19 bits per heavy atom. The summed E-state index contributed by atoms with van der Waals surface area (Å²) in [7, 11) is 0. The predicted molar refractivity (Wildman–Crippen MR) is 59.1 cm³/mol. The number of nitrogens with zero attached hydrogens (tertiary/aromatic N) is 4. The summed E-state index contributed by atoms with van der Waals surface area (Å²) in [5.41, 5.74) is -0.164. The van der Waals surface area contributed by atoms with Gasteiger partial charge in [0, 0.05) is 13.1 Å². The molecule has 0 saturated heterocycles. The summed E-state index contributed by atoms with van der Waals surface area (Å²) in [6.07, 6.45) is 1.48. The van der Waals surface area contributed by atoms with E-state index >= 15 is 0 Å². The SMILES string of the molecule is Cc1nnc(Cn2c(C)ncc(Br)c2=O)o1. The molecule has 2 aromatic rings. The zero-order valence-electron chi connectivity index (χ0n) is 8.77. The molecule has 0 N–H and O–H groups in total. The molecule has 0 atom stereocenters. The normalized spacial score (nSPS) is 10.7. The van der Waals surface area contributed by atoms with Crippen molar-refractivity contribution in [2.45, 2.75) is 20.4 Å². The van der Waals surface area contributed by atoms with Crippen molar-refractivity contribution in [3.8, 4) is 0 Å². The van der Waals surface area contributed by atoms with Crippen LogP contribution in [0.1, 0.15) is 17.6 Å². The van der Waals surface area contributed by atoms with Crippen molar-refractivity contribution in [3.05, 3.63) is 38.6 Å². The second-order valence-corrected chi connectivity index (χ2v) is 4.11. The molecular formula is C9H9BrN4O2. The summed E-state index contributed by atoms with van der Waals surface area (Å²) in [6.45, 7) is 3.68. The van der Waals surface area contributed by atoms with Gasteiger partial charge in [-0.25, -0.2) is 4.98 Å². The summed E-state index contributed by atoms with van der Waals surface area (Å²) in [5, 5.41) is 7.53. The third-order valence-corrected chi connectivity index (χ3v) is 2.61. The molecule has 16 heavy (non-hydrogen) atoms. The lowest BCUT2D eigenvalue weighted by atomic mass is 10.5. The molecule has 7 heteroatoms. The van der Waals surface area contributed by atoms with Gasteiger partial charge >= 0.3 is 0 Å². The predicted octanol–water partition coefficient (Wildman–Crippen LogP) is 1.05. The Balaban J connectivity index is 2.42. The largest absolute Gasteiger partial charge is 0.424 e. The third kappa shape index (κ3) is 2.04. The van der Waals surface area contributed by atoms with Gasteiger partial charge in [-0.05, 0) is 22.9 Å². The highest BCUT2D eigenvalue weighted by Crippen LogP contribution is 2.05. The fourth-order valence-corrected chi connectivity index (χ4v) is 1.59. The molecule has 6 nitrogen and oxygen atoms in total. The average Bonchev–Trinajstić information content (AvgIpc) is 2.65. The van der Waals surface area contributed by atoms with Gasteiger partial charge in [0.1, 0.15) is 16.8 Å². The van der Waals surface area contributed by atoms with E-state index in [0.717, 1.165) is 0 Å². The molecule has 0 aromatic carbocycles. The molecule has 2 rings (SSSR count). The summed E-state index contributed by atoms with van der Waals surface area (Å²) in [5.74, 6) is 1.47. The van der Waals surface area contributed by atoms with E-state index in [2.05, 4.69) is 31.1 Å². The second-order valence-electron chi connectivity index (χ2n) is 3.26. The van der Waals surface area contributed by atoms with Crippen molar-refractivity contribution in [2.75, 3.05) is 0 Å². The minimum Gasteiger partial charge on any atom is -0.424 e. The van der Waals surface area contributed by atoms with Crippen LogP contribution in [0.2, 0.25) is 0 Å². The maximum atomic E-state index is 11.8. The fourth-order valence-electron chi connectivity index (χ4n) is 1.27. The van der Waals surface area contributed by atoms with Crippen LogP contribution < -0.4 is 5.56 Å². The van der Waals surface area contributed by atoms with Gasteiger partial charge in [0.25, 0.3) is 5.56 Å². The lowest BCUT2D eigenvalue weighted by molar-refractivity contribution is 0.447. The maximum absolute atomic E-state index is 11.8. The summed E-state index contributed by atoms with van der Waals surface area (Å²) >= 11 is 3.14. The van der Waals surface area contributed by atoms with Gasteiger partial charge in [0.15, 0.2) is 0 Å². The van der Waals surface area contributed by atoms with Gasteiger partial charge in [0.2, 0.25) is 11.8 Å². The zero-order valence-corrected chi connectivity index (χ0v) is 10.4. The monoisotopic (exact) mass is 284 g/mol. The Morgan fingerprint density at radius 3 is 2.81 bits per heavy atom. The third-order valence-electron chi connectivity index (χ3n) is 2.07. The molecule has 0 aliphatic rings. The van der Waals surface area contributed by atoms with Gasteiger partial charge < -0.3 is 4.42 Å². The molecule has 0 spiro atoms. The molecular weight excluding hydrogens is 276 g/mol. The Kier molecular flexibility index (Phi) is 2.86. The number of hydrogen-bond acceptors (Lipinski definition) is 5. The smallest absolute Gasteiger partial charge is 0.268 e. The molecule has 0 radical (unpaired) electrons. The van der Waals surface area contributed by atoms with Crippen LogP contribution in [0.4, 0.5) is 0 Å². The van der Waals surface area contributed by atoms with Gasteiger partial charge in [-0.15, -0.1) is 10.2 Å². The number of aromatic nitrogens is 4. The van der Waals surface area contributed by atoms with Crippen LogP contribution in [-0.2, 0) is 6.54 Å². The van der Waals surface area contributed by atoms with Gasteiger partial charge in [-0.3, -0.25) is 9.36 Å². The highest BCUT2D eigenvalue weighted by Gasteiger charge is 2.09. The lowest BCUT2D eigenvalue weighted by Crippen LogP contribution is -2.24. The standard InChI is InChI=1S/C9H9BrN4O2/c1-5-11-3-7(10)9(15)14(5)4-8-13-12-6(2)16-8/h3H,4H2,1-2H3. The van der Waals surface area contributed by atoms with Crippen LogP contribution in [0.3, 0.4) is 0 Å². The zero-order chi connectivity index (χ0) is 11.7. The first-order chi connectivity index (χ1) is 7.58. The highest BCUT2D eigenvalue weighted by molar-refractivity contribution is 9.10. The van der Waals surface area contributed by atoms with E-state index in [4.69, 9.17) is 4.42 Å². The molecule has 0 fully saturated rings. The quantitative estimate of drug-likeness (QED) is 0.824. The Bertz CT molecular complexity index is 575. The molecule has 2 aromatic heterocycles. The molecule has 84 valence electrons. The molecule has 0 aliphatic heterocycles. The molecule has 0 amide bonds. The summed E-state index contributed by atoms with van der Waals surface area (Å²) in [4.78, 5) is 15.9. The van der Waals surface area contributed by atoms with E-state index in [-0.39, 0.29) is 12.1 Å². The van der Waals surface area contributed by atoms with E-state index in [9.17, 15) is 4.79 Å². The van der Waals surface area contributed by atoms with Gasteiger partial charge in [0.05, 0.1) is 0 Å². The van der Waals surface area contributed by atoms with Crippen molar-refractivity contribution < 1.29 is 4.42 Å². The minimum atomic E-state index is -0.164. The van der Waals surface area contributed by atoms with Crippen LogP contribution in [0.25, 0.3) is 0 Å². The summed E-state index contributed by atoms with van der Waals surface area (Å²) < 4.78 is 7.09. The first kappa shape index (κ1) is 11.0.